The Morgan fingerprint density at radius 1 is 0.846 bits per heavy atom. The number of amides is 2. The first-order valence-corrected chi connectivity index (χ1v) is 14.1. The smallest absolute Gasteiger partial charge is 0.255 e. The molecule has 3 aromatic carbocycles. The van der Waals surface area contributed by atoms with E-state index in [0.717, 1.165) is 40.7 Å². The second-order valence-corrected chi connectivity index (χ2v) is 10.6. The molecule has 2 fully saturated rings. The predicted octanol–water partition coefficient (Wildman–Crippen LogP) is 6.47. The molecule has 1 N–H and O–H groups in total. The van der Waals surface area contributed by atoms with E-state index in [-0.39, 0.29) is 18.4 Å². The Kier molecular flexibility index (Phi) is 7.46. The van der Waals surface area contributed by atoms with Crippen LogP contribution < -0.4 is 5.32 Å². The third kappa shape index (κ3) is 5.34. The van der Waals surface area contributed by atoms with Gasteiger partial charge in [0.15, 0.2) is 0 Å². The van der Waals surface area contributed by atoms with Gasteiger partial charge in [0.25, 0.3) is 5.91 Å². The van der Waals surface area contributed by atoms with Crippen molar-refractivity contribution in [3.63, 3.8) is 0 Å². The van der Waals surface area contributed by atoms with Crippen molar-refractivity contribution < 1.29 is 14.3 Å². The maximum atomic E-state index is 13.6. The zero-order chi connectivity index (χ0) is 26.6. The van der Waals surface area contributed by atoms with Gasteiger partial charge in [0.2, 0.25) is 5.91 Å². The number of ether oxygens (including phenoxy) is 1. The highest BCUT2D eigenvalue weighted by molar-refractivity contribution is 6.07. The fourth-order valence-corrected chi connectivity index (χ4v) is 6.17. The lowest BCUT2D eigenvalue weighted by Gasteiger charge is -2.28. The molecular formula is C33H35N3O3. The average Bonchev–Trinajstić information content (AvgIpc) is 3.32. The van der Waals surface area contributed by atoms with Gasteiger partial charge in [-0.1, -0.05) is 73.9 Å². The van der Waals surface area contributed by atoms with Gasteiger partial charge in [0.1, 0.15) is 6.54 Å². The number of benzene rings is 3. The summed E-state index contributed by atoms with van der Waals surface area (Å²) in [6.45, 7) is 2.59. The summed E-state index contributed by atoms with van der Waals surface area (Å²) in [5.41, 5.74) is 5.82. The van der Waals surface area contributed by atoms with E-state index in [0.29, 0.717) is 37.8 Å². The Labute approximate surface area is 229 Å². The zero-order valence-electron chi connectivity index (χ0n) is 22.3. The lowest BCUT2D eigenvalue weighted by molar-refractivity contribution is -0.135. The fourth-order valence-electron chi connectivity index (χ4n) is 6.17. The SMILES string of the molecule is O=C(Nc1ccccc1)c1ccc2c(C3CCCCC3)c(-c3ccccc3)n(CC(=O)N3CCOCC3)c2c1. The number of hydrogen-bond acceptors (Lipinski definition) is 3. The number of nitrogens with one attached hydrogen (secondary N) is 1. The van der Waals surface area contributed by atoms with Crippen molar-refractivity contribution in [2.45, 2.75) is 44.6 Å². The Hall–Kier alpha value is -3.90. The number of aromatic nitrogens is 1. The van der Waals surface area contributed by atoms with Crippen molar-refractivity contribution in [1.82, 2.24) is 9.47 Å². The van der Waals surface area contributed by atoms with Gasteiger partial charge < -0.3 is 19.5 Å². The number of nitrogens with zero attached hydrogens (tertiary/aromatic N) is 2. The standard InChI is InChI=1S/C33H35N3O3/c37-30(35-18-20-39-21-19-35)23-36-29-22-26(33(38)34-27-14-8-3-9-15-27)16-17-28(29)31(24-10-4-1-5-11-24)32(36)25-12-6-2-7-13-25/h2-3,6-9,12-17,22,24H,1,4-5,10-11,18-21,23H2,(H,34,38). The van der Waals surface area contributed by atoms with Crippen molar-refractivity contribution in [3.8, 4) is 11.3 Å². The molecule has 200 valence electrons. The molecule has 2 aliphatic rings. The molecule has 0 bridgehead atoms. The number of rotatable bonds is 6. The van der Waals surface area contributed by atoms with Crippen molar-refractivity contribution in [1.29, 1.82) is 0 Å². The topological polar surface area (TPSA) is 63.6 Å². The lowest BCUT2D eigenvalue weighted by atomic mass is 9.82. The summed E-state index contributed by atoms with van der Waals surface area (Å²) in [4.78, 5) is 28.8. The van der Waals surface area contributed by atoms with E-state index in [1.807, 2.05) is 53.4 Å². The summed E-state index contributed by atoms with van der Waals surface area (Å²) in [6, 6.07) is 25.9. The Balaban J connectivity index is 1.49. The Morgan fingerprint density at radius 3 is 2.26 bits per heavy atom. The summed E-state index contributed by atoms with van der Waals surface area (Å²) < 4.78 is 7.66. The van der Waals surface area contributed by atoms with Crippen LogP contribution in [0.15, 0.2) is 78.9 Å². The molecule has 0 unspecified atom stereocenters. The van der Waals surface area contributed by atoms with Crippen molar-refractivity contribution in [2.75, 3.05) is 31.6 Å². The number of carbonyl (C=O) groups excluding carboxylic acids is 2. The molecule has 4 aromatic rings. The van der Waals surface area contributed by atoms with Crippen LogP contribution in [0.25, 0.3) is 22.2 Å². The minimum absolute atomic E-state index is 0.0849. The quantitative estimate of drug-likeness (QED) is 0.316. The molecule has 0 radical (unpaired) electrons. The second kappa shape index (κ2) is 11.5. The molecule has 6 heteroatoms. The summed E-state index contributed by atoms with van der Waals surface area (Å²) in [5, 5.41) is 4.16. The molecule has 6 nitrogen and oxygen atoms in total. The molecular weight excluding hydrogens is 486 g/mol. The molecule has 1 saturated heterocycles. The third-order valence-electron chi connectivity index (χ3n) is 8.12. The van der Waals surface area contributed by atoms with Crippen LogP contribution >= 0.6 is 0 Å². The Morgan fingerprint density at radius 2 is 1.54 bits per heavy atom. The van der Waals surface area contributed by atoms with Crippen molar-refractivity contribution in [2.24, 2.45) is 0 Å². The number of carbonyl (C=O) groups is 2. The maximum absolute atomic E-state index is 13.6. The van der Waals surface area contributed by atoms with E-state index < -0.39 is 0 Å². The van der Waals surface area contributed by atoms with Crippen LogP contribution in [0.2, 0.25) is 0 Å². The molecule has 0 atom stereocenters. The van der Waals surface area contributed by atoms with E-state index in [2.05, 4.69) is 40.2 Å². The summed E-state index contributed by atoms with van der Waals surface area (Å²) >= 11 is 0. The monoisotopic (exact) mass is 521 g/mol. The average molecular weight is 522 g/mol. The Bertz CT molecular complexity index is 1450. The predicted molar refractivity (Wildman–Crippen MR) is 155 cm³/mol. The minimum Gasteiger partial charge on any atom is -0.378 e. The molecule has 2 amide bonds. The van der Waals surface area contributed by atoms with Crippen LogP contribution in [-0.4, -0.2) is 47.6 Å². The number of morpholine rings is 1. The number of hydrogen-bond donors (Lipinski definition) is 1. The van der Waals surface area contributed by atoms with Gasteiger partial charge in [-0.3, -0.25) is 9.59 Å². The molecule has 1 aromatic heterocycles. The van der Waals surface area contributed by atoms with E-state index in [9.17, 15) is 9.59 Å². The van der Waals surface area contributed by atoms with Gasteiger partial charge >= 0.3 is 0 Å². The third-order valence-corrected chi connectivity index (χ3v) is 8.12. The van der Waals surface area contributed by atoms with Crippen LogP contribution in [0.1, 0.15) is 53.9 Å². The zero-order valence-corrected chi connectivity index (χ0v) is 22.3. The highest BCUT2D eigenvalue weighted by atomic mass is 16.5. The van der Waals surface area contributed by atoms with E-state index in [4.69, 9.17) is 4.74 Å². The van der Waals surface area contributed by atoms with Crippen LogP contribution in [0.4, 0.5) is 5.69 Å². The van der Waals surface area contributed by atoms with Gasteiger partial charge in [-0.25, -0.2) is 0 Å². The van der Waals surface area contributed by atoms with Gasteiger partial charge in [-0.2, -0.15) is 0 Å². The molecule has 1 aliphatic heterocycles. The van der Waals surface area contributed by atoms with Crippen LogP contribution in [0.5, 0.6) is 0 Å². The van der Waals surface area contributed by atoms with Crippen LogP contribution in [-0.2, 0) is 16.1 Å². The van der Waals surface area contributed by atoms with Crippen molar-refractivity contribution >= 4 is 28.4 Å². The molecule has 39 heavy (non-hydrogen) atoms. The van der Waals surface area contributed by atoms with Gasteiger partial charge in [0.05, 0.1) is 24.4 Å². The lowest BCUT2D eigenvalue weighted by Crippen LogP contribution is -2.42. The second-order valence-electron chi connectivity index (χ2n) is 10.6. The first-order chi connectivity index (χ1) is 19.2. The first kappa shape index (κ1) is 25.4. The normalized spacial score (nSPS) is 16.4. The molecule has 1 aliphatic carbocycles. The van der Waals surface area contributed by atoms with E-state index in [1.165, 1.54) is 24.8 Å². The molecule has 6 rings (SSSR count). The van der Waals surface area contributed by atoms with Crippen LogP contribution in [0, 0.1) is 0 Å². The first-order valence-electron chi connectivity index (χ1n) is 14.1. The minimum atomic E-state index is -0.157. The number of para-hydroxylation sites is 1. The number of fused-ring (bicyclic) bond motifs is 1. The van der Waals surface area contributed by atoms with Crippen LogP contribution in [0.3, 0.4) is 0 Å². The molecule has 1 saturated carbocycles. The highest BCUT2D eigenvalue weighted by Gasteiger charge is 2.29. The molecule has 2 heterocycles. The fraction of sp³-hybridized carbons (Fsp3) is 0.333. The number of anilines is 1. The van der Waals surface area contributed by atoms with Gasteiger partial charge in [-0.05, 0) is 54.2 Å². The van der Waals surface area contributed by atoms with E-state index in [1.54, 1.807) is 0 Å². The largest absolute Gasteiger partial charge is 0.378 e. The molecule has 0 spiro atoms. The summed E-state index contributed by atoms with van der Waals surface area (Å²) in [7, 11) is 0. The maximum Gasteiger partial charge on any atom is 0.255 e. The van der Waals surface area contributed by atoms with Gasteiger partial charge in [0, 0.05) is 29.7 Å². The van der Waals surface area contributed by atoms with Gasteiger partial charge in [-0.15, -0.1) is 0 Å². The highest BCUT2D eigenvalue weighted by Crippen LogP contribution is 2.44. The van der Waals surface area contributed by atoms with E-state index >= 15 is 0 Å². The summed E-state index contributed by atoms with van der Waals surface area (Å²) in [5.74, 6) is 0.359. The van der Waals surface area contributed by atoms with Crippen molar-refractivity contribution in [3.05, 3.63) is 90.0 Å². The summed E-state index contributed by atoms with van der Waals surface area (Å²) in [6.07, 6.45) is 6.00.